The zero-order chi connectivity index (χ0) is 16.3. The molecule has 2 aliphatic heterocycles. The molecule has 0 saturated carbocycles. The minimum Gasteiger partial charge on any atom is -0.505 e. The number of aliphatic hydroxyl groups excluding tert-OH is 2. The van der Waals surface area contributed by atoms with Crippen molar-refractivity contribution in [3.8, 4) is 0 Å². The number of allylic oxidation sites excluding steroid dienone is 2. The van der Waals surface area contributed by atoms with E-state index in [0.717, 1.165) is 19.3 Å². The van der Waals surface area contributed by atoms with E-state index in [4.69, 9.17) is 14.2 Å². The number of esters is 1. The summed E-state index contributed by atoms with van der Waals surface area (Å²) in [6, 6.07) is 0. The van der Waals surface area contributed by atoms with Crippen molar-refractivity contribution < 1.29 is 29.2 Å². The third-order valence-corrected chi connectivity index (χ3v) is 3.86. The largest absolute Gasteiger partial charge is 0.505 e. The molecule has 0 radical (unpaired) electrons. The van der Waals surface area contributed by atoms with Crippen LogP contribution in [0.5, 0.6) is 0 Å². The zero-order valence-electron chi connectivity index (χ0n) is 13.2. The van der Waals surface area contributed by atoms with Crippen molar-refractivity contribution in [3.63, 3.8) is 0 Å². The second kappa shape index (κ2) is 7.15. The number of cyclic esters (lactones) is 1. The molecule has 6 nitrogen and oxygen atoms in total. The Balaban J connectivity index is 1.79. The predicted molar refractivity (Wildman–Crippen MR) is 79.2 cm³/mol. The van der Waals surface area contributed by atoms with Crippen molar-refractivity contribution in [2.24, 2.45) is 5.92 Å². The topological polar surface area (TPSA) is 85.2 Å². The molecule has 2 N–H and O–H groups in total. The Morgan fingerprint density at radius 1 is 1.41 bits per heavy atom. The molecular formula is C16H24O6. The molecule has 0 bridgehead atoms. The summed E-state index contributed by atoms with van der Waals surface area (Å²) in [7, 11) is 0. The van der Waals surface area contributed by atoms with Crippen LogP contribution in [-0.2, 0) is 19.0 Å². The molecule has 1 fully saturated rings. The van der Waals surface area contributed by atoms with Gasteiger partial charge in [0.1, 0.15) is 6.10 Å². The Morgan fingerprint density at radius 2 is 2.14 bits per heavy atom. The Labute approximate surface area is 130 Å². The standard InChI is InChI=1S/C16H24O6/c1-9(2)5-4-6-10(3)7-12-20-8-11(21-12)15-13(17)14(18)16(19)22-15/h5,10-12,15,17-18H,4,6-8H2,1-3H3/t10?,11-,12?,15+/m0/s1. The molecule has 0 spiro atoms. The van der Waals surface area contributed by atoms with E-state index in [-0.39, 0.29) is 12.9 Å². The van der Waals surface area contributed by atoms with Gasteiger partial charge in [0.2, 0.25) is 5.76 Å². The molecule has 22 heavy (non-hydrogen) atoms. The normalized spacial score (nSPS) is 29.6. The fraction of sp³-hybridized carbons (Fsp3) is 0.688. The van der Waals surface area contributed by atoms with Crippen LogP contribution in [0.4, 0.5) is 0 Å². The maximum Gasteiger partial charge on any atom is 0.377 e. The molecular weight excluding hydrogens is 288 g/mol. The lowest BCUT2D eigenvalue weighted by atomic mass is 10.0. The third-order valence-electron chi connectivity index (χ3n) is 3.86. The van der Waals surface area contributed by atoms with Crippen molar-refractivity contribution in [2.75, 3.05) is 6.61 Å². The van der Waals surface area contributed by atoms with Crippen molar-refractivity contribution in [2.45, 2.75) is 58.5 Å². The van der Waals surface area contributed by atoms with Crippen molar-refractivity contribution in [3.05, 3.63) is 23.2 Å². The summed E-state index contributed by atoms with van der Waals surface area (Å²) in [4.78, 5) is 11.2. The van der Waals surface area contributed by atoms with Crippen molar-refractivity contribution in [1.82, 2.24) is 0 Å². The molecule has 0 aromatic carbocycles. The van der Waals surface area contributed by atoms with Gasteiger partial charge in [-0.3, -0.25) is 0 Å². The molecule has 0 aromatic rings. The zero-order valence-corrected chi connectivity index (χ0v) is 13.2. The summed E-state index contributed by atoms with van der Waals surface area (Å²) in [5.41, 5.74) is 1.31. The third kappa shape index (κ3) is 4.01. The average Bonchev–Trinajstić information content (AvgIpc) is 2.99. The van der Waals surface area contributed by atoms with Crippen LogP contribution in [0.2, 0.25) is 0 Å². The van der Waals surface area contributed by atoms with E-state index in [1.807, 2.05) is 0 Å². The second-order valence-corrected chi connectivity index (χ2v) is 6.20. The van der Waals surface area contributed by atoms with E-state index in [1.165, 1.54) is 5.57 Å². The number of rotatable bonds is 6. The maximum atomic E-state index is 11.2. The molecule has 2 aliphatic rings. The smallest absolute Gasteiger partial charge is 0.377 e. The number of hydrogen-bond acceptors (Lipinski definition) is 6. The fourth-order valence-electron chi connectivity index (χ4n) is 2.58. The lowest BCUT2D eigenvalue weighted by molar-refractivity contribution is -0.149. The highest BCUT2D eigenvalue weighted by Gasteiger charge is 2.44. The lowest BCUT2D eigenvalue weighted by Crippen LogP contribution is -2.31. The van der Waals surface area contributed by atoms with Gasteiger partial charge in [0.15, 0.2) is 18.2 Å². The summed E-state index contributed by atoms with van der Waals surface area (Å²) >= 11 is 0. The summed E-state index contributed by atoms with van der Waals surface area (Å²) in [5, 5.41) is 19.0. The van der Waals surface area contributed by atoms with Crippen LogP contribution in [0.3, 0.4) is 0 Å². The number of hydrogen-bond donors (Lipinski definition) is 2. The minimum absolute atomic E-state index is 0.223. The molecule has 0 aliphatic carbocycles. The first-order valence-corrected chi connectivity index (χ1v) is 7.62. The van der Waals surface area contributed by atoms with Gasteiger partial charge in [-0.25, -0.2) is 4.79 Å². The molecule has 2 unspecified atom stereocenters. The van der Waals surface area contributed by atoms with Crippen LogP contribution >= 0.6 is 0 Å². The Morgan fingerprint density at radius 3 is 2.73 bits per heavy atom. The SMILES string of the molecule is CC(C)=CCCC(C)CC1OC[C@@H]([C@H]2OC(=O)C(O)=C2O)O1. The summed E-state index contributed by atoms with van der Waals surface area (Å²) in [6.45, 7) is 6.52. The molecule has 2 rings (SSSR count). The molecule has 124 valence electrons. The van der Waals surface area contributed by atoms with E-state index < -0.39 is 29.7 Å². The van der Waals surface area contributed by atoms with Crippen molar-refractivity contribution in [1.29, 1.82) is 0 Å². The van der Waals surface area contributed by atoms with Gasteiger partial charge in [0, 0.05) is 6.42 Å². The highest BCUT2D eigenvalue weighted by Crippen LogP contribution is 2.29. The first kappa shape index (κ1) is 16.8. The number of carbonyl (C=O) groups excluding carboxylic acids is 1. The van der Waals surface area contributed by atoms with Crippen LogP contribution in [-0.4, -0.2) is 41.3 Å². The molecule has 1 saturated heterocycles. The summed E-state index contributed by atoms with van der Waals surface area (Å²) in [6.07, 6.45) is 3.09. The average molecular weight is 312 g/mol. The van der Waals surface area contributed by atoms with Gasteiger partial charge < -0.3 is 24.4 Å². The minimum atomic E-state index is -0.974. The van der Waals surface area contributed by atoms with Crippen LogP contribution in [0.15, 0.2) is 23.2 Å². The predicted octanol–water partition coefficient (Wildman–Crippen LogP) is 2.75. The molecule has 6 heteroatoms. The highest BCUT2D eigenvalue weighted by atomic mass is 16.7. The maximum absolute atomic E-state index is 11.2. The number of ether oxygens (including phenoxy) is 3. The van der Waals surface area contributed by atoms with Gasteiger partial charge in [-0.1, -0.05) is 18.6 Å². The van der Waals surface area contributed by atoms with Crippen molar-refractivity contribution >= 4 is 5.97 Å². The Bertz CT molecular complexity index is 477. The van der Waals surface area contributed by atoms with Gasteiger partial charge in [-0.2, -0.15) is 0 Å². The number of aliphatic hydroxyl groups is 2. The van der Waals surface area contributed by atoms with Gasteiger partial charge in [-0.15, -0.1) is 0 Å². The molecule has 0 aromatic heterocycles. The molecule has 0 amide bonds. The Hall–Kier alpha value is -1.53. The number of carbonyl (C=O) groups is 1. The highest BCUT2D eigenvalue weighted by molar-refractivity contribution is 5.89. The van der Waals surface area contributed by atoms with Gasteiger partial charge in [0.05, 0.1) is 6.61 Å². The van der Waals surface area contributed by atoms with Crippen LogP contribution < -0.4 is 0 Å². The monoisotopic (exact) mass is 312 g/mol. The molecule has 2 heterocycles. The fourth-order valence-corrected chi connectivity index (χ4v) is 2.58. The Kier molecular flexibility index (Phi) is 5.47. The first-order valence-electron chi connectivity index (χ1n) is 7.62. The van der Waals surface area contributed by atoms with Crippen LogP contribution in [0.1, 0.15) is 40.0 Å². The molecule has 4 atom stereocenters. The summed E-state index contributed by atoms with van der Waals surface area (Å²) < 4.78 is 16.1. The first-order chi connectivity index (χ1) is 10.4. The van der Waals surface area contributed by atoms with E-state index in [0.29, 0.717) is 5.92 Å². The van der Waals surface area contributed by atoms with E-state index >= 15 is 0 Å². The van der Waals surface area contributed by atoms with Crippen LogP contribution in [0, 0.1) is 5.92 Å². The quantitative estimate of drug-likeness (QED) is 0.579. The second-order valence-electron chi connectivity index (χ2n) is 6.20. The summed E-state index contributed by atoms with van der Waals surface area (Å²) in [5.74, 6) is -1.71. The van der Waals surface area contributed by atoms with E-state index in [1.54, 1.807) is 0 Å². The van der Waals surface area contributed by atoms with E-state index in [2.05, 4.69) is 26.8 Å². The van der Waals surface area contributed by atoms with Crippen LogP contribution in [0.25, 0.3) is 0 Å². The lowest BCUT2D eigenvalue weighted by Gasteiger charge is -2.18. The van der Waals surface area contributed by atoms with Gasteiger partial charge >= 0.3 is 5.97 Å². The van der Waals surface area contributed by atoms with Gasteiger partial charge in [0.25, 0.3) is 0 Å². The van der Waals surface area contributed by atoms with E-state index in [9.17, 15) is 15.0 Å². The van der Waals surface area contributed by atoms with Gasteiger partial charge in [-0.05, 0) is 32.6 Å².